The minimum Gasteiger partial charge on any atom is -0.439 e. The summed E-state index contributed by atoms with van der Waals surface area (Å²) in [5.74, 6) is 1.11. The molecule has 0 saturated carbocycles. The van der Waals surface area contributed by atoms with E-state index in [0.29, 0.717) is 36.0 Å². The Morgan fingerprint density at radius 2 is 1.84 bits per heavy atom. The van der Waals surface area contributed by atoms with Gasteiger partial charge in [0.1, 0.15) is 17.1 Å². The summed E-state index contributed by atoms with van der Waals surface area (Å²) >= 11 is 0. The number of para-hydroxylation sites is 1. The van der Waals surface area contributed by atoms with E-state index < -0.39 is 11.7 Å². The molecule has 4 nitrogen and oxygen atoms in total. The molecule has 0 saturated heterocycles. The van der Waals surface area contributed by atoms with Crippen molar-refractivity contribution in [3.05, 3.63) is 65.7 Å². The molecule has 4 rings (SSSR count). The predicted octanol–water partition coefficient (Wildman–Crippen LogP) is 4.32. The molecule has 1 aliphatic rings. The van der Waals surface area contributed by atoms with E-state index in [4.69, 9.17) is 4.42 Å². The van der Waals surface area contributed by atoms with Crippen LogP contribution < -0.4 is 4.90 Å². The van der Waals surface area contributed by atoms with Crippen LogP contribution in [-0.2, 0) is 19.1 Å². The van der Waals surface area contributed by atoms with E-state index in [1.807, 2.05) is 6.07 Å². The zero-order valence-corrected chi connectivity index (χ0v) is 13.1. The molecule has 0 atom stereocenters. The summed E-state index contributed by atoms with van der Waals surface area (Å²) in [5, 5.41) is 0. The van der Waals surface area contributed by atoms with E-state index in [1.165, 1.54) is 12.1 Å². The SMILES string of the molecule is FC(F)(F)c1ccccc1N1CCc2oc(-c3ccccn3)nc2C1. The lowest BCUT2D eigenvalue weighted by Crippen LogP contribution is -2.31. The topological polar surface area (TPSA) is 42.2 Å². The molecule has 1 aromatic carbocycles. The van der Waals surface area contributed by atoms with Crippen LogP contribution in [0.3, 0.4) is 0 Å². The Bertz CT molecular complexity index is 890. The van der Waals surface area contributed by atoms with Crippen molar-refractivity contribution in [1.29, 1.82) is 0 Å². The fraction of sp³-hybridized carbons (Fsp3) is 0.222. The summed E-state index contributed by atoms with van der Waals surface area (Å²) in [7, 11) is 0. The van der Waals surface area contributed by atoms with Gasteiger partial charge in [0.05, 0.1) is 12.1 Å². The van der Waals surface area contributed by atoms with Gasteiger partial charge in [0.25, 0.3) is 0 Å². The maximum absolute atomic E-state index is 13.3. The third-order valence-corrected chi connectivity index (χ3v) is 4.16. The van der Waals surface area contributed by atoms with Gasteiger partial charge in [-0.15, -0.1) is 0 Å². The number of hydrogen-bond acceptors (Lipinski definition) is 4. The Morgan fingerprint density at radius 1 is 1.04 bits per heavy atom. The maximum Gasteiger partial charge on any atom is 0.418 e. The van der Waals surface area contributed by atoms with Crippen molar-refractivity contribution in [3.63, 3.8) is 0 Å². The molecule has 0 radical (unpaired) electrons. The van der Waals surface area contributed by atoms with E-state index in [0.717, 1.165) is 6.07 Å². The van der Waals surface area contributed by atoms with E-state index in [9.17, 15) is 13.2 Å². The van der Waals surface area contributed by atoms with Crippen LogP contribution in [0.5, 0.6) is 0 Å². The minimum absolute atomic E-state index is 0.169. The molecular formula is C18H14F3N3O. The zero-order chi connectivity index (χ0) is 17.4. The lowest BCUT2D eigenvalue weighted by molar-refractivity contribution is -0.137. The smallest absolute Gasteiger partial charge is 0.418 e. The van der Waals surface area contributed by atoms with Crippen molar-refractivity contribution >= 4 is 5.69 Å². The minimum atomic E-state index is -4.39. The number of hydrogen-bond donors (Lipinski definition) is 0. The molecule has 0 unspecified atom stereocenters. The molecule has 3 aromatic rings. The monoisotopic (exact) mass is 345 g/mol. The number of oxazole rings is 1. The van der Waals surface area contributed by atoms with Gasteiger partial charge < -0.3 is 9.32 Å². The Morgan fingerprint density at radius 3 is 2.60 bits per heavy atom. The molecule has 1 aliphatic heterocycles. The summed E-state index contributed by atoms with van der Waals surface area (Å²) in [6, 6.07) is 11.0. The number of benzene rings is 1. The van der Waals surface area contributed by atoms with Gasteiger partial charge in [-0.25, -0.2) is 4.98 Å². The second-order valence-electron chi connectivity index (χ2n) is 5.79. The van der Waals surface area contributed by atoms with Crippen molar-refractivity contribution in [3.8, 4) is 11.6 Å². The first-order chi connectivity index (χ1) is 12.0. The second-order valence-corrected chi connectivity index (χ2v) is 5.79. The highest BCUT2D eigenvalue weighted by Crippen LogP contribution is 2.38. The van der Waals surface area contributed by atoms with Gasteiger partial charge in [-0.3, -0.25) is 4.98 Å². The summed E-state index contributed by atoms with van der Waals surface area (Å²) in [4.78, 5) is 10.3. The van der Waals surface area contributed by atoms with Crippen LogP contribution >= 0.6 is 0 Å². The molecule has 2 aromatic heterocycles. The predicted molar refractivity (Wildman–Crippen MR) is 85.9 cm³/mol. The lowest BCUT2D eigenvalue weighted by atomic mass is 10.1. The average Bonchev–Trinajstić information content (AvgIpc) is 3.05. The molecular weight excluding hydrogens is 331 g/mol. The third-order valence-electron chi connectivity index (χ3n) is 4.16. The highest BCUT2D eigenvalue weighted by atomic mass is 19.4. The van der Waals surface area contributed by atoms with E-state index in [1.54, 1.807) is 29.3 Å². The number of aromatic nitrogens is 2. The zero-order valence-electron chi connectivity index (χ0n) is 13.1. The van der Waals surface area contributed by atoms with Gasteiger partial charge in [0.15, 0.2) is 0 Å². The molecule has 0 fully saturated rings. The molecule has 7 heteroatoms. The fourth-order valence-corrected chi connectivity index (χ4v) is 2.99. The van der Waals surface area contributed by atoms with Crippen LogP contribution in [0.2, 0.25) is 0 Å². The fourth-order valence-electron chi connectivity index (χ4n) is 2.99. The first-order valence-electron chi connectivity index (χ1n) is 7.83. The number of fused-ring (bicyclic) bond motifs is 1. The van der Waals surface area contributed by atoms with Crippen LogP contribution in [0.4, 0.5) is 18.9 Å². The van der Waals surface area contributed by atoms with Gasteiger partial charge in [-0.05, 0) is 24.3 Å². The first-order valence-corrected chi connectivity index (χ1v) is 7.83. The van der Waals surface area contributed by atoms with Gasteiger partial charge in [0.2, 0.25) is 5.89 Å². The Balaban J connectivity index is 1.65. The van der Waals surface area contributed by atoms with Crippen molar-refractivity contribution < 1.29 is 17.6 Å². The molecule has 0 spiro atoms. The number of anilines is 1. The largest absolute Gasteiger partial charge is 0.439 e. The number of rotatable bonds is 2. The molecule has 128 valence electrons. The summed E-state index contributed by atoms with van der Waals surface area (Å²) in [6.45, 7) is 0.718. The number of alkyl halides is 3. The molecule has 25 heavy (non-hydrogen) atoms. The van der Waals surface area contributed by atoms with Gasteiger partial charge in [0, 0.05) is 24.8 Å². The van der Waals surface area contributed by atoms with Gasteiger partial charge in [-0.1, -0.05) is 18.2 Å². The third kappa shape index (κ3) is 2.97. The van der Waals surface area contributed by atoms with Crippen LogP contribution in [0.15, 0.2) is 53.1 Å². The quantitative estimate of drug-likeness (QED) is 0.694. The van der Waals surface area contributed by atoms with Gasteiger partial charge >= 0.3 is 6.18 Å². The van der Waals surface area contributed by atoms with Crippen molar-refractivity contribution in [2.45, 2.75) is 19.1 Å². The highest BCUT2D eigenvalue weighted by molar-refractivity contribution is 5.56. The highest BCUT2D eigenvalue weighted by Gasteiger charge is 2.35. The summed E-state index contributed by atoms with van der Waals surface area (Å²) in [6.07, 6.45) is -2.24. The van der Waals surface area contributed by atoms with Crippen molar-refractivity contribution in [1.82, 2.24) is 9.97 Å². The maximum atomic E-state index is 13.3. The standard InChI is InChI=1S/C18H14F3N3O/c19-18(20,21)12-5-1-2-7-15(12)24-10-8-16-14(11-24)23-17(25-16)13-6-3-4-9-22-13/h1-7,9H,8,10-11H2. The summed E-state index contributed by atoms with van der Waals surface area (Å²) < 4.78 is 45.5. The van der Waals surface area contributed by atoms with Crippen LogP contribution in [0.1, 0.15) is 17.0 Å². The van der Waals surface area contributed by atoms with Crippen molar-refractivity contribution in [2.75, 3.05) is 11.4 Å². The molecule has 0 amide bonds. The van der Waals surface area contributed by atoms with E-state index >= 15 is 0 Å². The molecule has 0 aliphatic carbocycles. The number of halogens is 3. The molecule has 0 N–H and O–H groups in total. The Hall–Kier alpha value is -2.83. The van der Waals surface area contributed by atoms with Crippen LogP contribution in [0.25, 0.3) is 11.6 Å². The summed E-state index contributed by atoms with van der Waals surface area (Å²) in [5.41, 5.74) is 0.804. The van der Waals surface area contributed by atoms with E-state index in [2.05, 4.69) is 9.97 Å². The second kappa shape index (κ2) is 5.91. The van der Waals surface area contributed by atoms with Crippen LogP contribution in [-0.4, -0.2) is 16.5 Å². The number of nitrogens with zero attached hydrogens (tertiary/aromatic N) is 3. The van der Waals surface area contributed by atoms with Gasteiger partial charge in [-0.2, -0.15) is 13.2 Å². The first kappa shape index (κ1) is 15.7. The Labute approximate surface area is 141 Å². The molecule has 0 bridgehead atoms. The average molecular weight is 345 g/mol. The normalized spacial score (nSPS) is 14.4. The van der Waals surface area contributed by atoms with Crippen molar-refractivity contribution in [2.24, 2.45) is 0 Å². The number of pyridine rings is 1. The Kier molecular flexibility index (Phi) is 3.71. The lowest BCUT2D eigenvalue weighted by Gasteiger charge is -2.29. The molecule has 3 heterocycles. The van der Waals surface area contributed by atoms with E-state index in [-0.39, 0.29) is 12.2 Å². The van der Waals surface area contributed by atoms with Crippen LogP contribution in [0, 0.1) is 0 Å².